The van der Waals surface area contributed by atoms with Crippen LogP contribution in [0.3, 0.4) is 0 Å². The summed E-state index contributed by atoms with van der Waals surface area (Å²) in [6.45, 7) is 16.0. The van der Waals surface area contributed by atoms with Crippen molar-refractivity contribution in [3.63, 3.8) is 0 Å². The first kappa shape index (κ1) is 23.3. The SMILES string of the molecule is Cc1ccccc1-c1cnc(C)c(C(OC(C)(C)C)C(=O)O)c1N1CCC(C)(C)CC1. The fraction of sp³-hybridized carbons (Fsp3) is 0.538. The molecule has 0 radical (unpaired) electrons. The summed E-state index contributed by atoms with van der Waals surface area (Å²) < 4.78 is 6.09. The lowest BCUT2D eigenvalue weighted by atomic mass is 9.82. The Morgan fingerprint density at radius 1 is 1.13 bits per heavy atom. The summed E-state index contributed by atoms with van der Waals surface area (Å²) in [4.78, 5) is 19.4. The molecule has 0 aliphatic carbocycles. The lowest BCUT2D eigenvalue weighted by molar-refractivity contribution is -0.160. The van der Waals surface area contributed by atoms with Crippen LogP contribution in [-0.4, -0.2) is 34.8 Å². The third kappa shape index (κ3) is 5.27. The van der Waals surface area contributed by atoms with E-state index in [1.807, 2.05) is 46.0 Å². The fourth-order valence-corrected chi connectivity index (χ4v) is 4.26. The van der Waals surface area contributed by atoms with Crippen LogP contribution < -0.4 is 4.90 Å². The van der Waals surface area contributed by atoms with Crippen LogP contribution in [0.15, 0.2) is 30.5 Å². The molecule has 1 aromatic heterocycles. The predicted octanol–water partition coefficient (Wildman–Crippen LogP) is 5.93. The summed E-state index contributed by atoms with van der Waals surface area (Å²) >= 11 is 0. The molecule has 1 aliphatic rings. The van der Waals surface area contributed by atoms with Crippen molar-refractivity contribution >= 4 is 11.7 Å². The molecule has 0 bridgehead atoms. The molecule has 0 amide bonds. The van der Waals surface area contributed by atoms with Gasteiger partial charge in [0.2, 0.25) is 0 Å². The average molecular weight is 425 g/mol. The van der Waals surface area contributed by atoms with Crippen molar-refractivity contribution < 1.29 is 14.6 Å². The number of piperidine rings is 1. The van der Waals surface area contributed by atoms with Crippen molar-refractivity contribution in [3.05, 3.63) is 47.3 Å². The number of hydrogen-bond acceptors (Lipinski definition) is 4. The van der Waals surface area contributed by atoms with Gasteiger partial charge in [-0.25, -0.2) is 4.79 Å². The number of anilines is 1. The van der Waals surface area contributed by atoms with Crippen molar-refractivity contribution in [1.82, 2.24) is 4.98 Å². The van der Waals surface area contributed by atoms with Gasteiger partial charge in [-0.3, -0.25) is 4.98 Å². The maximum Gasteiger partial charge on any atom is 0.337 e. The van der Waals surface area contributed by atoms with E-state index in [1.165, 1.54) is 0 Å². The van der Waals surface area contributed by atoms with Gasteiger partial charge in [0.1, 0.15) is 0 Å². The van der Waals surface area contributed by atoms with Crippen molar-refractivity contribution in [1.29, 1.82) is 0 Å². The monoisotopic (exact) mass is 424 g/mol. The van der Waals surface area contributed by atoms with Crippen LogP contribution in [0.5, 0.6) is 0 Å². The van der Waals surface area contributed by atoms with Gasteiger partial charge in [-0.2, -0.15) is 0 Å². The quantitative estimate of drug-likeness (QED) is 0.644. The molecule has 1 unspecified atom stereocenters. The third-order valence-corrected chi connectivity index (χ3v) is 6.11. The average Bonchev–Trinajstić information content (AvgIpc) is 2.66. The van der Waals surface area contributed by atoms with Crippen LogP contribution in [0, 0.1) is 19.3 Å². The predicted molar refractivity (Wildman–Crippen MR) is 126 cm³/mol. The largest absolute Gasteiger partial charge is 0.479 e. The standard InChI is InChI=1S/C26H36N2O3/c1-17-10-8-9-11-19(17)20-16-27-18(2)21(23(24(29)30)31-25(3,4)5)22(20)28-14-12-26(6,7)13-15-28/h8-11,16,23H,12-15H2,1-7H3,(H,29,30). The number of ether oxygens (including phenoxy) is 1. The number of aliphatic carboxylic acids is 1. The number of hydrogen-bond donors (Lipinski definition) is 1. The zero-order chi connectivity index (χ0) is 23.0. The minimum Gasteiger partial charge on any atom is -0.479 e. The van der Waals surface area contributed by atoms with Crippen molar-refractivity contribution in [2.45, 2.75) is 73.0 Å². The second-order valence-corrected chi connectivity index (χ2v) is 10.4. The summed E-state index contributed by atoms with van der Waals surface area (Å²) in [6, 6.07) is 8.21. The summed E-state index contributed by atoms with van der Waals surface area (Å²) in [5.74, 6) is -0.986. The number of aromatic nitrogens is 1. The Morgan fingerprint density at radius 3 is 2.29 bits per heavy atom. The number of carbonyl (C=O) groups is 1. The highest BCUT2D eigenvalue weighted by atomic mass is 16.5. The van der Waals surface area contributed by atoms with E-state index in [2.05, 4.69) is 42.8 Å². The molecule has 1 saturated heterocycles. The Balaban J connectivity index is 2.25. The van der Waals surface area contributed by atoms with Gasteiger partial charge in [-0.1, -0.05) is 38.1 Å². The van der Waals surface area contributed by atoms with Gasteiger partial charge in [-0.05, 0) is 64.0 Å². The maximum atomic E-state index is 12.4. The molecule has 1 aromatic carbocycles. The minimum absolute atomic E-state index is 0.287. The van der Waals surface area contributed by atoms with Crippen LogP contribution in [0.1, 0.15) is 70.4 Å². The van der Waals surface area contributed by atoms with E-state index < -0.39 is 17.7 Å². The second-order valence-electron chi connectivity index (χ2n) is 10.4. The number of nitrogens with zero attached hydrogens (tertiary/aromatic N) is 2. The molecule has 31 heavy (non-hydrogen) atoms. The highest BCUT2D eigenvalue weighted by Crippen LogP contribution is 2.43. The Hall–Kier alpha value is -2.40. The molecule has 1 aliphatic heterocycles. The van der Waals surface area contributed by atoms with Crippen LogP contribution in [0.25, 0.3) is 11.1 Å². The maximum absolute atomic E-state index is 12.4. The van der Waals surface area contributed by atoms with E-state index in [9.17, 15) is 9.90 Å². The van der Waals surface area contributed by atoms with Gasteiger partial charge in [0.15, 0.2) is 6.10 Å². The number of carboxylic acids is 1. The summed E-state index contributed by atoms with van der Waals surface area (Å²) in [6.07, 6.45) is 2.92. The minimum atomic E-state index is -1.08. The zero-order valence-corrected chi connectivity index (χ0v) is 20.0. The highest BCUT2D eigenvalue weighted by molar-refractivity contribution is 5.87. The molecule has 1 atom stereocenters. The molecule has 0 spiro atoms. The van der Waals surface area contributed by atoms with E-state index in [4.69, 9.17) is 4.74 Å². The summed E-state index contributed by atoms with van der Waals surface area (Å²) in [5, 5.41) is 10.2. The molecule has 2 heterocycles. The number of carboxylic acid groups (broad SMARTS) is 1. The molecule has 168 valence electrons. The van der Waals surface area contributed by atoms with E-state index >= 15 is 0 Å². The normalized spacial score (nSPS) is 17.5. The van der Waals surface area contributed by atoms with Crippen molar-refractivity contribution in [2.75, 3.05) is 18.0 Å². The molecular weight excluding hydrogens is 388 g/mol. The van der Waals surface area contributed by atoms with Gasteiger partial charge < -0.3 is 14.7 Å². The van der Waals surface area contributed by atoms with Crippen molar-refractivity contribution in [3.8, 4) is 11.1 Å². The molecule has 5 nitrogen and oxygen atoms in total. The first-order valence-corrected chi connectivity index (χ1v) is 11.1. The lowest BCUT2D eigenvalue weighted by Crippen LogP contribution is -2.39. The Labute approximate surface area is 186 Å². The lowest BCUT2D eigenvalue weighted by Gasteiger charge is -2.41. The van der Waals surface area contributed by atoms with Gasteiger partial charge in [0, 0.05) is 36.1 Å². The van der Waals surface area contributed by atoms with Gasteiger partial charge in [0.05, 0.1) is 11.3 Å². The van der Waals surface area contributed by atoms with E-state index in [1.54, 1.807) is 0 Å². The molecule has 5 heteroatoms. The molecule has 0 saturated carbocycles. The van der Waals surface area contributed by atoms with Crippen LogP contribution in [0.4, 0.5) is 5.69 Å². The third-order valence-electron chi connectivity index (χ3n) is 6.11. The molecule has 1 N–H and O–H groups in total. The van der Waals surface area contributed by atoms with Gasteiger partial charge in [0.25, 0.3) is 0 Å². The Bertz CT molecular complexity index is 950. The van der Waals surface area contributed by atoms with Gasteiger partial charge >= 0.3 is 5.97 Å². The Kier molecular flexibility index (Phi) is 6.47. The first-order valence-electron chi connectivity index (χ1n) is 11.1. The number of aryl methyl sites for hydroxylation is 2. The highest BCUT2D eigenvalue weighted by Gasteiger charge is 2.35. The number of pyridine rings is 1. The molecule has 3 rings (SSSR count). The van der Waals surface area contributed by atoms with E-state index in [0.29, 0.717) is 11.3 Å². The topological polar surface area (TPSA) is 62.7 Å². The zero-order valence-electron chi connectivity index (χ0n) is 20.0. The summed E-state index contributed by atoms with van der Waals surface area (Å²) in [7, 11) is 0. The number of benzene rings is 1. The van der Waals surface area contributed by atoms with Crippen molar-refractivity contribution in [2.24, 2.45) is 5.41 Å². The summed E-state index contributed by atoms with van der Waals surface area (Å²) in [5.41, 5.74) is 5.20. The Morgan fingerprint density at radius 2 is 1.74 bits per heavy atom. The fourth-order valence-electron chi connectivity index (χ4n) is 4.26. The number of rotatable bonds is 5. The van der Waals surface area contributed by atoms with Crippen LogP contribution >= 0.6 is 0 Å². The first-order chi connectivity index (χ1) is 14.4. The van der Waals surface area contributed by atoms with Crippen LogP contribution in [-0.2, 0) is 9.53 Å². The van der Waals surface area contributed by atoms with E-state index in [-0.39, 0.29) is 5.41 Å². The second kappa shape index (κ2) is 8.62. The smallest absolute Gasteiger partial charge is 0.337 e. The molecule has 1 fully saturated rings. The van der Waals surface area contributed by atoms with Gasteiger partial charge in [-0.15, -0.1) is 0 Å². The van der Waals surface area contributed by atoms with Crippen LogP contribution in [0.2, 0.25) is 0 Å². The molecule has 2 aromatic rings. The molecular formula is C26H36N2O3. The van der Waals surface area contributed by atoms with E-state index in [0.717, 1.165) is 48.3 Å².